The molecular weight excluding hydrogens is 1100 g/mol. The number of aryl methyl sites for hydroxylation is 3. The summed E-state index contributed by atoms with van der Waals surface area (Å²) in [6.07, 6.45) is 22.8. The molecule has 1 fully saturated rings. The third kappa shape index (κ3) is 25.0. The number of hydrogen-bond acceptors (Lipinski definition) is 13. The third-order valence-electron chi connectivity index (χ3n) is 14.0. The average Bonchev–Trinajstić information content (AvgIpc) is 4.11. The zero-order valence-corrected chi connectivity index (χ0v) is 54.3. The molecule has 3 aromatic carbocycles. The number of nitrogens with one attached hydrogen (secondary N) is 2. The number of Topliss-reactive ketones (excluding diaryl/α,β-unsaturated/α-hetero) is 1. The van der Waals surface area contributed by atoms with Gasteiger partial charge in [0.25, 0.3) is 6.57 Å². The predicted molar refractivity (Wildman–Crippen MR) is 321 cm³/mol. The van der Waals surface area contributed by atoms with E-state index in [-0.39, 0.29) is 87.4 Å². The first-order chi connectivity index (χ1) is 39.6. The van der Waals surface area contributed by atoms with Crippen molar-refractivity contribution in [1.29, 1.82) is 0 Å². The fourth-order valence-electron chi connectivity index (χ4n) is 10.3. The van der Waals surface area contributed by atoms with Crippen LogP contribution in [0, 0.1) is 18.9 Å². The Balaban J connectivity index is 0.000000508. The van der Waals surface area contributed by atoms with Crippen LogP contribution in [0.1, 0.15) is 146 Å². The molecule has 3 aromatic rings. The molecule has 6 N–H and O–H groups in total. The summed E-state index contributed by atoms with van der Waals surface area (Å²) in [6, 6.07) is 23.3. The standard InChI is InChI=1S/C15H17NO3.C14H19NO2.C13H14O3.C10H9O.C5H8NO2.C4H8O.C4H9O.CH5N.K/c1-2-19-15(18)14(16-10-17)13-9-5-7-11-6-3-4-8-12(11)13;1-14(12(15-2)13(16)17)9-5-7-10-6-3-4-8-11(10)14;1-13(11(14)12(15)16)8-4-6-9-5-2-3-7-10(9)13;11-10-7-3-5-8-4-1-2-6-9(8)10;1-3-8-5(7)4-6-2;1-2-4-5-3-1;1-4(2,3)5;1-2;/h3-4,6,8,10H,2,5,7,9H2,1H3,(H,16,17);3-4,6,8,12,15H,5,7,9H2,1-2H3,(H,16,17);2-3,5,7H,4,6,8H2,1H3,(H,15,16);1-2,4,6-7H,3,5H2;2H,3-4H2,1H3;1-4H2;1-3H3;2H2,1H3;/q;;;2*+1;;-1;;+1/b14-13-;;;;;;;;. The largest absolute Gasteiger partial charge is 1.00 e. The number of nitrogens with zero attached hydrogens (tertiary/aromatic N) is 1. The first kappa shape index (κ1) is 76.2. The third-order valence-corrected chi connectivity index (χ3v) is 14.0. The van der Waals surface area contributed by atoms with Gasteiger partial charge in [-0.1, -0.05) is 105 Å². The number of fused-ring (bicyclic) bond motifs is 4. The van der Waals surface area contributed by atoms with Crippen LogP contribution in [0.2, 0.25) is 0 Å². The Labute approximate surface area is 541 Å². The van der Waals surface area contributed by atoms with Gasteiger partial charge in [0.15, 0.2) is 5.92 Å². The molecule has 1 saturated heterocycles. The molecule has 1 heterocycles. The maximum absolute atomic E-state index is 11.9. The van der Waals surface area contributed by atoms with Crippen LogP contribution in [0.5, 0.6) is 0 Å². The number of carbonyl (C=O) groups is 6. The van der Waals surface area contributed by atoms with Crippen molar-refractivity contribution in [1.82, 2.24) is 10.6 Å². The maximum Gasteiger partial charge on any atom is 1.00 e. The second kappa shape index (κ2) is 40.5. The van der Waals surface area contributed by atoms with Crippen LogP contribution in [-0.4, -0.2) is 105 Å². The number of rotatable bonds is 11. The summed E-state index contributed by atoms with van der Waals surface area (Å²) < 4.78 is 14.4. The predicted octanol–water partition coefficient (Wildman–Crippen LogP) is 5.26. The Morgan fingerprint density at radius 1 is 0.833 bits per heavy atom. The summed E-state index contributed by atoms with van der Waals surface area (Å²) in [5.41, 5.74) is 11.6. The van der Waals surface area contributed by atoms with Crippen molar-refractivity contribution in [2.45, 2.75) is 154 Å². The number of ether oxygens (including phenoxy) is 3. The normalized spacial score (nSPS) is 19.0. The minimum Gasteiger partial charge on any atom is -0.855 e. The van der Waals surface area contributed by atoms with Gasteiger partial charge in [-0.3, -0.25) is 14.4 Å². The zero-order chi connectivity index (χ0) is 62.0. The van der Waals surface area contributed by atoms with Gasteiger partial charge in [-0.15, -0.1) is 5.60 Å². The smallest absolute Gasteiger partial charge is 0.855 e. The van der Waals surface area contributed by atoms with Crippen molar-refractivity contribution < 1.29 is 115 Å². The van der Waals surface area contributed by atoms with E-state index in [1.54, 1.807) is 54.7 Å². The van der Waals surface area contributed by atoms with Crippen LogP contribution in [0.3, 0.4) is 0 Å². The molecule has 0 bridgehead atoms. The molecule has 0 radical (unpaired) electrons. The molecule has 3 atom stereocenters. The van der Waals surface area contributed by atoms with Crippen molar-refractivity contribution in [3.05, 3.63) is 165 Å². The number of aliphatic carboxylic acids is 2. The van der Waals surface area contributed by atoms with Crippen molar-refractivity contribution in [3.8, 4) is 6.57 Å². The number of carboxylic acid groups (broad SMARTS) is 2. The number of ketones is 1. The molecule has 18 heteroatoms. The number of carboxylic acids is 2. The zero-order valence-electron chi connectivity index (χ0n) is 51.2. The minimum atomic E-state index is -1.33. The Morgan fingerprint density at radius 2 is 1.38 bits per heavy atom. The summed E-state index contributed by atoms with van der Waals surface area (Å²) >= 11 is 0. The number of nitrogens with two attached hydrogens (primary N) is 1. The van der Waals surface area contributed by atoms with Gasteiger partial charge in [0.1, 0.15) is 42.0 Å². The van der Waals surface area contributed by atoms with Crippen LogP contribution < -0.4 is 78.0 Å². The van der Waals surface area contributed by atoms with Crippen molar-refractivity contribution >= 4 is 41.6 Å². The molecule has 5 aliphatic carbocycles. The van der Waals surface area contributed by atoms with Crippen molar-refractivity contribution in [2.75, 3.05) is 47.1 Å². The fourth-order valence-corrected chi connectivity index (χ4v) is 10.3. The van der Waals surface area contributed by atoms with Gasteiger partial charge in [0, 0.05) is 30.8 Å². The van der Waals surface area contributed by atoms with E-state index < -0.39 is 40.7 Å². The second-order valence-electron chi connectivity index (χ2n) is 21.2. The van der Waals surface area contributed by atoms with Crippen LogP contribution in [-0.2, 0) is 73.1 Å². The molecule has 17 nitrogen and oxygen atoms in total. The first-order valence-corrected chi connectivity index (χ1v) is 28.5. The Hall–Kier alpha value is -5.85. The van der Waals surface area contributed by atoms with Crippen molar-refractivity contribution in [2.24, 2.45) is 5.73 Å². The van der Waals surface area contributed by atoms with E-state index in [9.17, 15) is 44.1 Å². The van der Waals surface area contributed by atoms with Gasteiger partial charge in [-0.05, 0) is 151 Å². The molecule has 9 rings (SSSR count). The number of amides is 1. The molecular formula is C66H89KN4O13+2. The van der Waals surface area contributed by atoms with Gasteiger partial charge in [0.05, 0.1) is 25.0 Å². The number of carbonyl (C=O) groups excluding carboxylic acids is 4. The van der Waals surface area contributed by atoms with E-state index in [1.807, 2.05) is 79.2 Å². The molecule has 3 unspecified atom stereocenters. The fraction of sp³-hybridized carbons (Fsp3) is 0.470. The average molecular weight is 1190 g/mol. The van der Waals surface area contributed by atoms with Crippen molar-refractivity contribution in [3.63, 3.8) is 0 Å². The Bertz CT molecular complexity index is 2720. The summed E-state index contributed by atoms with van der Waals surface area (Å²) in [4.78, 5) is 70.0. The summed E-state index contributed by atoms with van der Waals surface area (Å²) in [5, 5.41) is 45.0. The Kier molecular flexibility index (Phi) is 36.7. The number of likely N-dealkylation sites (N-methyl/N-ethyl adjacent to an activating group) is 1. The molecule has 6 aliphatic rings. The summed E-state index contributed by atoms with van der Waals surface area (Å²) in [7, 11) is 3.22. The summed E-state index contributed by atoms with van der Waals surface area (Å²) in [6.45, 7) is 19.5. The molecule has 1 amide bonds. The molecule has 450 valence electrons. The monoisotopic (exact) mass is 1180 g/mol. The molecule has 84 heavy (non-hydrogen) atoms. The minimum absolute atomic E-state index is 0. The van der Waals surface area contributed by atoms with Gasteiger partial charge in [-0.25, -0.2) is 14.4 Å². The van der Waals surface area contributed by atoms with E-state index in [0.29, 0.717) is 19.4 Å². The van der Waals surface area contributed by atoms with Crippen LogP contribution in [0.25, 0.3) is 10.4 Å². The number of hydrogen-bond donors (Lipinski definition) is 5. The van der Waals surface area contributed by atoms with Crippen LogP contribution in [0.15, 0.2) is 114 Å². The van der Waals surface area contributed by atoms with E-state index in [4.69, 9.17) is 14.6 Å². The number of benzene rings is 3. The molecule has 0 saturated carbocycles. The second-order valence-corrected chi connectivity index (χ2v) is 21.2. The summed E-state index contributed by atoms with van der Waals surface area (Å²) in [5.74, 6) is -2.58. The molecule has 0 spiro atoms. The van der Waals surface area contributed by atoms with E-state index in [1.165, 1.54) is 42.2 Å². The van der Waals surface area contributed by atoms with E-state index in [2.05, 4.69) is 57.6 Å². The van der Waals surface area contributed by atoms with Gasteiger partial charge in [-0.2, -0.15) is 0 Å². The van der Waals surface area contributed by atoms with Gasteiger partial charge < -0.3 is 51.0 Å². The SMILES string of the molecule is C#[N+]CC(=O)OCC.C1CCOC1.CC(C)(C)[O-].CC1(C(=O)C(=O)O)CCCc2ccccc21.CCOC(=O)/C(NC=O)=C1\CCCc2ccccc21.CN.CNC(C(=O)O)C1(C)CCCc2ccccc21.[K+].[O-]C1=CCCC2=C[CH+]C=C[C+]12. The molecule has 0 aromatic heterocycles. The van der Waals surface area contributed by atoms with E-state index >= 15 is 0 Å². The molecule has 1 aliphatic heterocycles. The Morgan fingerprint density at radius 3 is 1.90 bits per heavy atom. The van der Waals surface area contributed by atoms with E-state index in [0.717, 1.165) is 106 Å². The topological polar surface area (TPSA) is 271 Å². The number of esters is 2. The number of allylic oxidation sites excluding steroid dienone is 5. The van der Waals surface area contributed by atoms with Crippen LogP contribution in [0.4, 0.5) is 0 Å². The van der Waals surface area contributed by atoms with Gasteiger partial charge in [0.2, 0.25) is 12.2 Å². The maximum atomic E-state index is 11.9. The first-order valence-electron chi connectivity index (χ1n) is 28.5. The quantitative estimate of drug-likeness (QED) is 0.0409. The van der Waals surface area contributed by atoms with Crippen LogP contribution >= 0.6 is 0 Å². The van der Waals surface area contributed by atoms with Gasteiger partial charge >= 0.3 is 81.8 Å².